The summed E-state index contributed by atoms with van der Waals surface area (Å²) in [6, 6.07) is 10.1. The number of allylic oxidation sites excluding steroid dienone is 3. The molecule has 1 aromatic carbocycles. The zero-order chi connectivity index (χ0) is 17.1. The highest BCUT2D eigenvalue weighted by Gasteiger charge is 2.16. The second-order valence-corrected chi connectivity index (χ2v) is 5.42. The first-order valence-corrected chi connectivity index (χ1v) is 7.31. The van der Waals surface area contributed by atoms with Crippen LogP contribution in [0.3, 0.4) is 0 Å². The number of carbonyl (C=O) groups is 1. The van der Waals surface area contributed by atoms with Crippen molar-refractivity contribution >= 4 is 5.97 Å². The lowest BCUT2D eigenvalue weighted by Crippen LogP contribution is -2.06. The van der Waals surface area contributed by atoms with Crippen LogP contribution < -0.4 is 0 Å². The van der Waals surface area contributed by atoms with Crippen LogP contribution in [0.5, 0.6) is 0 Å². The van der Waals surface area contributed by atoms with Crippen LogP contribution in [0.25, 0.3) is 11.1 Å². The molecule has 0 unspecified atom stereocenters. The number of nitriles is 1. The van der Waals surface area contributed by atoms with Crippen molar-refractivity contribution in [3.05, 3.63) is 77.1 Å². The number of esters is 1. The van der Waals surface area contributed by atoms with E-state index in [2.05, 4.69) is 4.98 Å². The Kier molecular flexibility index (Phi) is 4.21. The van der Waals surface area contributed by atoms with Crippen LogP contribution in [0, 0.1) is 24.1 Å². The number of rotatable bonds is 3. The highest BCUT2D eigenvalue weighted by atomic mass is 19.1. The van der Waals surface area contributed by atoms with Crippen LogP contribution in [-0.2, 0) is 4.74 Å². The van der Waals surface area contributed by atoms with Crippen molar-refractivity contribution in [2.45, 2.75) is 13.3 Å². The normalized spacial score (nSPS) is 13.0. The van der Waals surface area contributed by atoms with Gasteiger partial charge in [-0.05, 0) is 36.8 Å². The van der Waals surface area contributed by atoms with Crippen LogP contribution >= 0.6 is 0 Å². The van der Waals surface area contributed by atoms with Crippen molar-refractivity contribution in [2.75, 3.05) is 0 Å². The Balaban J connectivity index is 1.73. The van der Waals surface area contributed by atoms with Gasteiger partial charge >= 0.3 is 5.97 Å². The van der Waals surface area contributed by atoms with Crippen molar-refractivity contribution < 1.29 is 13.9 Å². The summed E-state index contributed by atoms with van der Waals surface area (Å²) >= 11 is 0. The molecule has 1 heterocycles. The molecule has 0 fully saturated rings. The number of carbonyl (C=O) groups excluding carboxylic acids is 1. The number of pyridine rings is 1. The van der Waals surface area contributed by atoms with E-state index in [0.29, 0.717) is 28.9 Å². The molecular weight excluding hydrogens is 307 g/mol. The molecule has 2 aromatic rings. The Morgan fingerprint density at radius 3 is 2.75 bits per heavy atom. The van der Waals surface area contributed by atoms with Gasteiger partial charge in [0.05, 0.1) is 6.07 Å². The molecule has 0 bridgehead atoms. The highest BCUT2D eigenvalue weighted by molar-refractivity contribution is 5.88. The molecule has 118 valence electrons. The summed E-state index contributed by atoms with van der Waals surface area (Å²) in [6.45, 7) is 1.81. The van der Waals surface area contributed by atoms with Gasteiger partial charge in [-0.2, -0.15) is 5.26 Å². The fourth-order valence-corrected chi connectivity index (χ4v) is 2.35. The summed E-state index contributed by atoms with van der Waals surface area (Å²) in [4.78, 5) is 16.1. The standard InChI is InChI=1S/C19H13FN2O2/c1-12-2-6-16(17(20)8-12)14-4-7-18(22-11-14)19(23)24-15-5-3-13(9-15)10-21/h2-8,11H,9H2,1H3. The van der Waals surface area contributed by atoms with E-state index in [1.807, 2.05) is 19.1 Å². The van der Waals surface area contributed by atoms with E-state index in [1.54, 1.807) is 24.3 Å². The van der Waals surface area contributed by atoms with Gasteiger partial charge in [0.1, 0.15) is 17.3 Å². The summed E-state index contributed by atoms with van der Waals surface area (Å²) < 4.78 is 19.2. The number of ether oxygens (including phenoxy) is 1. The Hall–Kier alpha value is -3.26. The molecule has 4 nitrogen and oxygen atoms in total. The van der Waals surface area contributed by atoms with Crippen molar-refractivity contribution in [3.8, 4) is 17.2 Å². The maximum Gasteiger partial charge on any atom is 0.362 e. The molecule has 24 heavy (non-hydrogen) atoms. The van der Waals surface area contributed by atoms with E-state index in [-0.39, 0.29) is 11.5 Å². The van der Waals surface area contributed by atoms with Crippen LogP contribution in [-0.4, -0.2) is 11.0 Å². The number of aryl methyl sites for hydroxylation is 1. The Morgan fingerprint density at radius 2 is 2.12 bits per heavy atom. The number of aromatic nitrogens is 1. The summed E-state index contributed by atoms with van der Waals surface area (Å²) in [5.74, 6) is -0.532. The lowest BCUT2D eigenvalue weighted by Gasteiger charge is -2.07. The molecule has 0 amide bonds. The van der Waals surface area contributed by atoms with Gasteiger partial charge in [0.2, 0.25) is 0 Å². The topological polar surface area (TPSA) is 63.0 Å². The lowest BCUT2D eigenvalue weighted by atomic mass is 10.1. The van der Waals surface area contributed by atoms with E-state index in [1.165, 1.54) is 18.3 Å². The first-order chi connectivity index (χ1) is 11.6. The first kappa shape index (κ1) is 15.6. The maximum absolute atomic E-state index is 14.0. The Morgan fingerprint density at radius 1 is 1.29 bits per heavy atom. The molecule has 0 atom stereocenters. The average molecular weight is 320 g/mol. The van der Waals surface area contributed by atoms with Gasteiger partial charge in [-0.25, -0.2) is 14.2 Å². The van der Waals surface area contributed by atoms with E-state index >= 15 is 0 Å². The second kappa shape index (κ2) is 6.47. The molecule has 0 radical (unpaired) electrons. The minimum absolute atomic E-state index is 0.123. The number of nitrogens with zero attached hydrogens (tertiary/aromatic N) is 2. The first-order valence-electron chi connectivity index (χ1n) is 7.31. The van der Waals surface area contributed by atoms with E-state index in [9.17, 15) is 9.18 Å². The zero-order valence-corrected chi connectivity index (χ0v) is 12.9. The SMILES string of the molecule is Cc1ccc(-c2ccc(C(=O)OC3=CC=C(C#N)C3)nc2)c(F)c1. The van der Waals surface area contributed by atoms with Crippen LogP contribution in [0.2, 0.25) is 0 Å². The smallest absolute Gasteiger partial charge is 0.362 e. The average Bonchev–Trinajstić information content (AvgIpc) is 3.03. The molecule has 1 aromatic heterocycles. The van der Waals surface area contributed by atoms with E-state index < -0.39 is 5.97 Å². The summed E-state index contributed by atoms with van der Waals surface area (Å²) in [6.07, 6.45) is 4.94. The molecular formula is C19H13FN2O2. The van der Waals surface area contributed by atoms with Crippen LogP contribution in [0.15, 0.2) is 60.0 Å². The monoisotopic (exact) mass is 320 g/mol. The molecule has 1 aliphatic carbocycles. The minimum atomic E-state index is -0.607. The fourth-order valence-electron chi connectivity index (χ4n) is 2.35. The summed E-state index contributed by atoms with van der Waals surface area (Å²) in [7, 11) is 0. The number of benzene rings is 1. The summed E-state index contributed by atoms with van der Waals surface area (Å²) in [5, 5.41) is 8.78. The molecule has 5 heteroatoms. The van der Waals surface area contributed by atoms with E-state index in [4.69, 9.17) is 10.00 Å². The fraction of sp³-hybridized carbons (Fsp3) is 0.105. The lowest BCUT2D eigenvalue weighted by molar-refractivity contribution is 0.0614. The van der Waals surface area contributed by atoms with Crippen molar-refractivity contribution in [1.82, 2.24) is 4.98 Å². The van der Waals surface area contributed by atoms with Gasteiger partial charge in [0.25, 0.3) is 0 Å². The number of halogens is 1. The maximum atomic E-state index is 14.0. The molecule has 0 saturated heterocycles. The second-order valence-electron chi connectivity index (χ2n) is 5.42. The van der Waals surface area contributed by atoms with E-state index in [0.717, 1.165) is 5.56 Å². The van der Waals surface area contributed by atoms with Crippen molar-refractivity contribution in [2.24, 2.45) is 0 Å². The molecule has 0 aliphatic heterocycles. The van der Waals surface area contributed by atoms with Gasteiger partial charge in [0.15, 0.2) is 0 Å². The van der Waals surface area contributed by atoms with Crippen molar-refractivity contribution in [1.29, 1.82) is 5.26 Å². The Labute approximate surface area is 138 Å². The predicted octanol–water partition coefficient (Wildman–Crippen LogP) is 4.09. The Bertz CT molecular complexity index is 906. The third kappa shape index (κ3) is 3.23. The minimum Gasteiger partial charge on any atom is -0.426 e. The molecule has 3 rings (SSSR count). The van der Waals surface area contributed by atoms with Gasteiger partial charge in [-0.1, -0.05) is 18.2 Å². The van der Waals surface area contributed by atoms with Crippen LogP contribution in [0.1, 0.15) is 22.5 Å². The number of hydrogen-bond donors (Lipinski definition) is 0. The molecule has 0 saturated carbocycles. The predicted molar refractivity (Wildman–Crippen MR) is 86.2 cm³/mol. The van der Waals surface area contributed by atoms with Crippen molar-refractivity contribution in [3.63, 3.8) is 0 Å². The third-order valence-corrected chi connectivity index (χ3v) is 3.61. The molecule has 1 aliphatic rings. The van der Waals surface area contributed by atoms with Gasteiger partial charge < -0.3 is 4.74 Å². The van der Waals surface area contributed by atoms with Gasteiger partial charge in [-0.15, -0.1) is 0 Å². The zero-order valence-electron chi connectivity index (χ0n) is 12.9. The quantitative estimate of drug-likeness (QED) is 0.799. The molecule has 0 spiro atoms. The number of hydrogen-bond acceptors (Lipinski definition) is 4. The highest BCUT2D eigenvalue weighted by Crippen LogP contribution is 2.24. The van der Waals surface area contributed by atoms with Gasteiger partial charge in [0, 0.05) is 29.3 Å². The summed E-state index contributed by atoms with van der Waals surface area (Å²) in [5.41, 5.74) is 2.50. The third-order valence-electron chi connectivity index (χ3n) is 3.61. The van der Waals surface area contributed by atoms with Crippen LogP contribution in [0.4, 0.5) is 4.39 Å². The van der Waals surface area contributed by atoms with Gasteiger partial charge in [-0.3, -0.25) is 0 Å². The largest absolute Gasteiger partial charge is 0.426 e. The molecule has 0 N–H and O–H groups in total.